The van der Waals surface area contributed by atoms with Crippen LogP contribution in [0.4, 0.5) is 0 Å². The monoisotopic (exact) mass is 306 g/mol. The van der Waals surface area contributed by atoms with Crippen molar-refractivity contribution in [2.45, 2.75) is 21.7 Å². The van der Waals surface area contributed by atoms with Crippen molar-refractivity contribution in [3.8, 4) is 6.07 Å². The molecule has 0 bridgehead atoms. The highest BCUT2D eigenvalue weighted by molar-refractivity contribution is 8.00. The Morgan fingerprint density at radius 3 is 2.74 bits per heavy atom. The molecule has 0 spiro atoms. The average molecular weight is 307 g/mol. The Hall–Kier alpha value is -1.15. The molecule has 0 amide bonds. The standard InChI is InChI=1S/C14H11ClN2S2/c1-2-18-12-6-3-7-13(10(12)9-16)19-14-11(15)5-4-8-17-14/h3-8H,2H2,1H3. The van der Waals surface area contributed by atoms with Crippen LogP contribution in [0.3, 0.4) is 0 Å². The lowest BCUT2D eigenvalue weighted by Gasteiger charge is -2.08. The van der Waals surface area contributed by atoms with Gasteiger partial charge < -0.3 is 0 Å². The molecule has 0 saturated heterocycles. The van der Waals surface area contributed by atoms with Crippen molar-refractivity contribution in [1.29, 1.82) is 5.26 Å². The maximum atomic E-state index is 9.34. The molecule has 1 aromatic carbocycles. The van der Waals surface area contributed by atoms with Gasteiger partial charge >= 0.3 is 0 Å². The fourth-order valence-corrected chi connectivity index (χ4v) is 3.51. The van der Waals surface area contributed by atoms with Crippen LogP contribution in [0.15, 0.2) is 51.3 Å². The molecule has 2 nitrogen and oxygen atoms in total. The van der Waals surface area contributed by atoms with Gasteiger partial charge in [0.2, 0.25) is 0 Å². The van der Waals surface area contributed by atoms with Crippen LogP contribution in [0.5, 0.6) is 0 Å². The first-order valence-corrected chi connectivity index (χ1v) is 7.88. The summed E-state index contributed by atoms with van der Waals surface area (Å²) >= 11 is 9.19. The minimum atomic E-state index is 0.602. The van der Waals surface area contributed by atoms with E-state index in [1.54, 1.807) is 30.1 Å². The lowest BCUT2D eigenvalue weighted by atomic mass is 10.2. The fraction of sp³-hybridized carbons (Fsp3) is 0.143. The molecule has 2 rings (SSSR count). The lowest BCUT2D eigenvalue weighted by Crippen LogP contribution is -1.88. The molecule has 5 heteroatoms. The van der Waals surface area contributed by atoms with Crippen LogP contribution in [0.1, 0.15) is 12.5 Å². The molecule has 1 aromatic heterocycles. The van der Waals surface area contributed by atoms with Crippen molar-refractivity contribution in [3.63, 3.8) is 0 Å². The van der Waals surface area contributed by atoms with E-state index in [1.807, 2.05) is 18.2 Å². The molecule has 96 valence electrons. The zero-order chi connectivity index (χ0) is 13.7. The largest absolute Gasteiger partial charge is 0.248 e. The number of hydrogen-bond acceptors (Lipinski definition) is 4. The summed E-state index contributed by atoms with van der Waals surface area (Å²) in [4.78, 5) is 6.13. The van der Waals surface area contributed by atoms with Crippen molar-refractivity contribution < 1.29 is 0 Å². The smallest absolute Gasteiger partial charge is 0.119 e. The van der Waals surface area contributed by atoms with Gasteiger partial charge in [0.1, 0.15) is 11.1 Å². The van der Waals surface area contributed by atoms with Crippen LogP contribution >= 0.6 is 35.1 Å². The molecular formula is C14H11ClN2S2. The fourth-order valence-electron chi connectivity index (χ4n) is 1.53. The zero-order valence-corrected chi connectivity index (χ0v) is 12.6. The predicted molar refractivity (Wildman–Crippen MR) is 80.9 cm³/mol. The highest BCUT2D eigenvalue weighted by atomic mass is 35.5. The molecule has 0 aliphatic rings. The summed E-state index contributed by atoms with van der Waals surface area (Å²) in [6.07, 6.45) is 1.70. The van der Waals surface area contributed by atoms with Gasteiger partial charge in [-0.3, -0.25) is 0 Å². The normalized spacial score (nSPS) is 10.2. The number of nitrogens with zero attached hydrogens (tertiary/aromatic N) is 2. The number of nitriles is 1. The molecule has 0 fully saturated rings. The molecule has 19 heavy (non-hydrogen) atoms. The van der Waals surface area contributed by atoms with Crippen molar-refractivity contribution in [2.75, 3.05) is 5.75 Å². The van der Waals surface area contributed by atoms with E-state index in [1.165, 1.54) is 11.8 Å². The Kier molecular flexibility index (Phi) is 5.15. The summed E-state index contributed by atoms with van der Waals surface area (Å²) in [6.45, 7) is 2.07. The second-order valence-corrected chi connectivity index (χ2v) is 6.31. The van der Waals surface area contributed by atoms with Gasteiger partial charge in [-0.15, -0.1) is 11.8 Å². The van der Waals surface area contributed by atoms with Gasteiger partial charge in [-0.25, -0.2) is 4.98 Å². The molecule has 0 aliphatic carbocycles. The molecule has 1 heterocycles. The van der Waals surface area contributed by atoms with E-state index >= 15 is 0 Å². The van der Waals surface area contributed by atoms with E-state index in [0.29, 0.717) is 10.6 Å². The summed E-state index contributed by atoms with van der Waals surface area (Å²) in [5.74, 6) is 0.938. The topological polar surface area (TPSA) is 36.7 Å². The summed E-state index contributed by atoms with van der Waals surface area (Å²) < 4.78 is 0. The summed E-state index contributed by atoms with van der Waals surface area (Å²) in [6, 6.07) is 11.7. The van der Waals surface area contributed by atoms with Crippen LogP contribution in [-0.4, -0.2) is 10.7 Å². The number of thioether (sulfide) groups is 1. The maximum Gasteiger partial charge on any atom is 0.119 e. The lowest BCUT2D eigenvalue weighted by molar-refractivity contribution is 1.13. The number of pyridine rings is 1. The van der Waals surface area contributed by atoms with Gasteiger partial charge in [0.05, 0.1) is 10.6 Å². The van der Waals surface area contributed by atoms with Crippen LogP contribution in [0.2, 0.25) is 5.02 Å². The van der Waals surface area contributed by atoms with E-state index in [-0.39, 0.29) is 0 Å². The van der Waals surface area contributed by atoms with Gasteiger partial charge in [-0.1, -0.05) is 36.4 Å². The molecule has 2 aromatic rings. The molecule has 0 atom stereocenters. The predicted octanol–water partition coefficient (Wildman–Crippen LogP) is 4.87. The molecular weight excluding hydrogens is 296 g/mol. The Morgan fingerprint density at radius 1 is 1.26 bits per heavy atom. The van der Waals surface area contributed by atoms with Crippen LogP contribution < -0.4 is 0 Å². The van der Waals surface area contributed by atoms with Gasteiger partial charge in [-0.2, -0.15) is 5.26 Å². The van der Waals surface area contributed by atoms with Crippen molar-refractivity contribution in [3.05, 3.63) is 47.1 Å². The van der Waals surface area contributed by atoms with Gasteiger partial charge in [0.25, 0.3) is 0 Å². The SMILES string of the molecule is CCSc1cccc(Sc2ncccc2Cl)c1C#N. The Balaban J connectivity index is 2.38. The molecule has 0 aliphatic heterocycles. The molecule has 0 radical (unpaired) electrons. The highest BCUT2D eigenvalue weighted by Gasteiger charge is 2.11. The van der Waals surface area contributed by atoms with Crippen molar-refractivity contribution >= 4 is 35.1 Å². The highest BCUT2D eigenvalue weighted by Crippen LogP contribution is 2.36. The second kappa shape index (κ2) is 6.85. The Bertz CT molecular complexity index is 623. The second-order valence-electron chi connectivity index (χ2n) is 3.57. The molecule has 0 N–H and O–H groups in total. The molecule has 0 saturated carbocycles. The summed E-state index contributed by atoms with van der Waals surface area (Å²) in [7, 11) is 0. The van der Waals surface area contributed by atoms with Crippen LogP contribution in [-0.2, 0) is 0 Å². The minimum absolute atomic E-state index is 0.602. The number of hydrogen-bond donors (Lipinski definition) is 0. The van der Waals surface area contributed by atoms with Crippen molar-refractivity contribution in [2.24, 2.45) is 0 Å². The van der Waals surface area contributed by atoms with Gasteiger partial charge in [-0.05, 0) is 30.0 Å². The maximum absolute atomic E-state index is 9.34. The third kappa shape index (κ3) is 3.44. The van der Waals surface area contributed by atoms with Gasteiger partial charge in [0, 0.05) is 16.0 Å². The third-order valence-corrected chi connectivity index (χ3v) is 4.77. The zero-order valence-electron chi connectivity index (χ0n) is 10.3. The first kappa shape index (κ1) is 14.3. The van der Waals surface area contributed by atoms with E-state index in [0.717, 1.165) is 20.6 Å². The van der Waals surface area contributed by atoms with E-state index in [2.05, 4.69) is 18.0 Å². The Morgan fingerprint density at radius 2 is 2.05 bits per heavy atom. The number of aromatic nitrogens is 1. The summed E-state index contributed by atoms with van der Waals surface area (Å²) in [5, 5.41) is 10.7. The number of benzene rings is 1. The Labute approximate surface area is 126 Å². The van der Waals surface area contributed by atoms with Crippen LogP contribution in [0, 0.1) is 11.3 Å². The van der Waals surface area contributed by atoms with E-state index in [9.17, 15) is 5.26 Å². The van der Waals surface area contributed by atoms with Gasteiger partial charge in [0.15, 0.2) is 0 Å². The third-order valence-electron chi connectivity index (χ3n) is 2.33. The average Bonchev–Trinajstić information content (AvgIpc) is 2.42. The van der Waals surface area contributed by atoms with E-state index in [4.69, 9.17) is 11.6 Å². The number of rotatable bonds is 4. The quantitative estimate of drug-likeness (QED) is 0.755. The van der Waals surface area contributed by atoms with Crippen molar-refractivity contribution in [1.82, 2.24) is 4.98 Å². The first-order chi connectivity index (χ1) is 9.26. The van der Waals surface area contributed by atoms with E-state index < -0.39 is 0 Å². The molecule has 0 unspecified atom stereocenters. The minimum Gasteiger partial charge on any atom is -0.248 e. The number of halogens is 1. The summed E-state index contributed by atoms with van der Waals surface area (Å²) in [5.41, 5.74) is 0.695. The first-order valence-electron chi connectivity index (χ1n) is 5.70. The van der Waals surface area contributed by atoms with Crippen LogP contribution in [0.25, 0.3) is 0 Å².